The molecule has 0 aromatic heterocycles. The second-order valence-corrected chi connectivity index (χ2v) is 12.7. The zero-order chi connectivity index (χ0) is 33.1. The van der Waals surface area contributed by atoms with E-state index < -0.39 is 66.1 Å². The number of fused-ring (bicyclic) bond motifs is 1. The van der Waals surface area contributed by atoms with Gasteiger partial charge in [0.25, 0.3) is 5.91 Å². The number of benzene rings is 1. The lowest BCUT2D eigenvalue weighted by atomic mass is 9.72. The van der Waals surface area contributed by atoms with Gasteiger partial charge in [-0.15, -0.1) is 6.58 Å². The average Bonchev–Trinajstić information content (AvgIpc) is 2.96. The van der Waals surface area contributed by atoms with Crippen molar-refractivity contribution in [2.75, 3.05) is 21.3 Å². The summed E-state index contributed by atoms with van der Waals surface area (Å²) in [6, 6.07) is 1.12. The number of rotatable bonds is 13. The number of hydrogen-bond acceptors (Lipinski definition) is 11. The highest BCUT2D eigenvalue weighted by atomic mass is 16.6. The Morgan fingerprint density at radius 3 is 2.39 bits per heavy atom. The topological polar surface area (TPSA) is 173 Å². The molecule has 1 saturated heterocycles. The van der Waals surface area contributed by atoms with Crippen LogP contribution < -0.4 is 5.32 Å². The first-order valence-electron chi connectivity index (χ1n) is 14.9. The fourth-order valence-corrected chi connectivity index (χ4v) is 6.19. The van der Waals surface area contributed by atoms with E-state index in [1.165, 1.54) is 14.2 Å². The van der Waals surface area contributed by atoms with Crippen LogP contribution >= 0.6 is 0 Å². The summed E-state index contributed by atoms with van der Waals surface area (Å²) in [5.41, 5.74) is 1.16. The van der Waals surface area contributed by atoms with E-state index in [2.05, 4.69) is 11.9 Å². The Balaban J connectivity index is 1.76. The van der Waals surface area contributed by atoms with Gasteiger partial charge in [0.1, 0.15) is 29.3 Å². The van der Waals surface area contributed by atoms with Crippen molar-refractivity contribution in [2.24, 2.45) is 11.3 Å². The number of aromatic hydroxyl groups is 2. The monoisotopic (exact) mass is 623 g/mol. The van der Waals surface area contributed by atoms with Crippen molar-refractivity contribution >= 4 is 11.9 Å². The van der Waals surface area contributed by atoms with Crippen molar-refractivity contribution in [1.29, 1.82) is 0 Å². The minimum absolute atomic E-state index is 0.0231. The van der Waals surface area contributed by atoms with Crippen LogP contribution in [0.4, 0.5) is 0 Å². The Labute approximate surface area is 259 Å². The molecule has 2 aliphatic heterocycles. The molecule has 12 heteroatoms. The molecule has 9 unspecified atom stereocenters. The van der Waals surface area contributed by atoms with Crippen LogP contribution in [0.3, 0.4) is 0 Å². The number of amides is 1. The van der Waals surface area contributed by atoms with Crippen molar-refractivity contribution in [1.82, 2.24) is 5.32 Å². The standard InChI is InChI=1S/C32H49NO11/c1-15(2)10-23(40-7)28(37)29(38)33-30(42-9)24-14-25(41-8)32(5,6)26(43-24)13-20(35)17(4)22-11-18-16(3)19(34)12-21(36)27(18)31(39)44-22/h12,17,20,22-26,28,30,34-37H,1,10-11,13-14H2,2-9H3,(H,33,38). The van der Waals surface area contributed by atoms with Gasteiger partial charge < -0.3 is 49.4 Å². The van der Waals surface area contributed by atoms with Crippen LogP contribution in [0.2, 0.25) is 0 Å². The number of phenolic OH excluding ortho intramolecular Hbond substituents is 2. The van der Waals surface area contributed by atoms with E-state index in [0.29, 0.717) is 24.0 Å². The lowest BCUT2D eigenvalue weighted by Gasteiger charge is -2.49. The maximum Gasteiger partial charge on any atom is 0.342 e. The molecule has 2 heterocycles. The first-order chi connectivity index (χ1) is 20.6. The van der Waals surface area contributed by atoms with E-state index in [1.54, 1.807) is 27.9 Å². The molecule has 0 spiro atoms. The third-order valence-corrected chi connectivity index (χ3v) is 9.26. The van der Waals surface area contributed by atoms with Crippen LogP contribution in [-0.4, -0.2) is 103 Å². The number of phenols is 2. The van der Waals surface area contributed by atoms with Crippen molar-refractivity contribution in [3.8, 4) is 11.5 Å². The molecule has 44 heavy (non-hydrogen) atoms. The average molecular weight is 624 g/mol. The first-order valence-corrected chi connectivity index (χ1v) is 14.9. The SMILES string of the molecule is C=C(C)CC(OC)C(O)C(=O)NC(OC)C1CC(OC)C(C)(C)C(CC(O)C(C)C2Cc3c(C)c(O)cc(O)c3C(=O)O2)O1. The molecule has 9 atom stereocenters. The van der Waals surface area contributed by atoms with E-state index in [0.717, 1.165) is 11.6 Å². The summed E-state index contributed by atoms with van der Waals surface area (Å²) in [4.78, 5) is 25.8. The number of methoxy groups -OCH3 is 3. The van der Waals surface area contributed by atoms with Gasteiger partial charge in [0, 0.05) is 58.0 Å². The largest absolute Gasteiger partial charge is 0.508 e. The second kappa shape index (κ2) is 14.6. The predicted molar refractivity (Wildman–Crippen MR) is 160 cm³/mol. The molecule has 1 aromatic carbocycles. The number of aliphatic hydroxyl groups excluding tert-OH is 2. The summed E-state index contributed by atoms with van der Waals surface area (Å²) in [5.74, 6) is -2.43. The van der Waals surface area contributed by atoms with E-state index in [9.17, 15) is 30.0 Å². The van der Waals surface area contributed by atoms with Gasteiger partial charge in [-0.05, 0) is 31.4 Å². The molecule has 0 aliphatic carbocycles. The Morgan fingerprint density at radius 1 is 1.16 bits per heavy atom. The van der Waals surface area contributed by atoms with E-state index in [4.69, 9.17) is 23.7 Å². The van der Waals surface area contributed by atoms with Gasteiger partial charge in [0.15, 0.2) is 12.3 Å². The number of cyclic esters (lactones) is 1. The zero-order valence-corrected chi connectivity index (χ0v) is 27.0. The highest BCUT2D eigenvalue weighted by Crippen LogP contribution is 2.43. The number of carbonyl (C=O) groups excluding carboxylic acids is 2. The van der Waals surface area contributed by atoms with Gasteiger partial charge >= 0.3 is 5.97 Å². The maximum absolute atomic E-state index is 13.0. The second-order valence-electron chi connectivity index (χ2n) is 12.7. The lowest BCUT2D eigenvalue weighted by molar-refractivity contribution is -0.222. The summed E-state index contributed by atoms with van der Waals surface area (Å²) < 4.78 is 28.8. The normalized spacial score (nSPS) is 26.5. The molecular weight excluding hydrogens is 574 g/mol. The highest BCUT2D eigenvalue weighted by Gasteiger charge is 2.49. The van der Waals surface area contributed by atoms with Gasteiger partial charge in [-0.2, -0.15) is 0 Å². The molecule has 1 aromatic rings. The number of aliphatic hydroxyl groups is 2. The van der Waals surface area contributed by atoms with E-state index in [-0.39, 0.29) is 36.0 Å². The molecule has 5 N–H and O–H groups in total. The number of hydrogen-bond donors (Lipinski definition) is 5. The smallest absolute Gasteiger partial charge is 0.342 e. The highest BCUT2D eigenvalue weighted by molar-refractivity contribution is 5.96. The van der Waals surface area contributed by atoms with Gasteiger partial charge in [0.05, 0.1) is 24.4 Å². The number of carbonyl (C=O) groups is 2. The van der Waals surface area contributed by atoms with Crippen LogP contribution in [0.5, 0.6) is 11.5 Å². The third kappa shape index (κ3) is 7.55. The molecule has 0 bridgehead atoms. The fourth-order valence-electron chi connectivity index (χ4n) is 6.19. The van der Waals surface area contributed by atoms with E-state index in [1.807, 2.05) is 13.8 Å². The van der Waals surface area contributed by atoms with Gasteiger partial charge in [-0.1, -0.05) is 26.3 Å². The van der Waals surface area contributed by atoms with Crippen LogP contribution in [0.25, 0.3) is 0 Å². The van der Waals surface area contributed by atoms with Gasteiger partial charge in [-0.3, -0.25) is 4.79 Å². The lowest BCUT2D eigenvalue weighted by Crippen LogP contribution is -2.59. The summed E-state index contributed by atoms with van der Waals surface area (Å²) >= 11 is 0. The summed E-state index contributed by atoms with van der Waals surface area (Å²) in [6.45, 7) is 13.0. The molecule has 0 saturated carbocycles. The molecule has 248 valence electrons. The van der Waals surface area contributed by atoms with E-state index >= 15 is 0 Å². The Kier molecular flexibility index (Phi) is 11.8. The first kappa shape index (κ1) is 35.7. The van der Waals surface area contributed by atoms with Crippen molar-refractivity contribution in [3.63, 3.8) is 0 Å². The number of nitrogens with one attached hydrogen (secondary N) is 1. The van der Waals surface area contributed by atoms with Gasteiger partial charge in [0.2, 0.25) is 0 Å². The maximum atomic E-state index is 13.0. The molecule has 12 nitrogen and oxygen atoms in total. The quantitative estimate of drug-likeness (QED) is 0.124. The number of ether oxygens (including phenoxy) is 5. The summed E-state index contributed by atoms with van der Waals surface area (Å²) in [7, 11) is 4.41. The fraction of sp³-hybridized carbons (Fsp3) is 0.688. The van der Waals surface area contributed by atoms with Crippen molar-refractivity contribution in [3.05, 3.63) is 34.9 Å². The van der Waals surface area contributed by atoms with Crippen LogP contribution in [-0.2, 0) is 34.9 Å². The molecule has 1 fully saturated rings. The minimum Gasteiger partial charge on any atom is -0.508 e. The Bertz CT molecular complexity index is 1200. The van der Waals surface area contributed by atoms with Crippen LogP contribution in [0, 0.1) is 18.3 Å². The molecular formula is C32H49NO11. The molecule has 0 radical (unpaired) electrons. The molecule has 3 rings (SSSR count). The van der Waals surface area contributed by atoms with Crippen LogP contribution in [0.15, 0.2) is 18.2 Å². The molecule has 2 aliphatic rings. The Hall–Kier alpha value is -2.74. The summed E-state index contributed by atoms with van der Waals surface area (Å²) in [6.07, 6.45) is -5.47. The van der Waals surface area contributed by atoms with Crippen molar-refractivity contribution < 1.29 is 53.7 Å². The Morgan fingerprint density at radius 2 is 1.82 bits per heavy atom. The van der Waals surface area contributed by atoms with Crippen molar-refractivity contribution in [2.45, 2.75) is 109 Å². The summed E-state index contributed by atoms with van der Waals surface area (Å²) in [5, 5.41) is 45.2. The number of esters is 1. The van der Waals surface area contributed by atoms with Crippen LogP contribution in [0.1, 0.15) is 68.4 Å². The third-order valence-electron chi connectivity index (χ3n) is 9.26. The molecule has 1 amide bonds. The predicted octanol–water partition coefficient (Wildman–Crippen LogP) is 2.50. The zero-order valence-electron chi connectivity index (χ0n) is 27.0. The van der Waals surface area contributed by atoms with Gasteiger partial charge in [-0.25, -0.2) is 4.79 Å². The minimum atomic E-state index is -1.47.